The van der Waals surface area contributed by atoms with Crippen molar-refractivity contribution in [3.05, 3.63) is 46.3 Å². The van der Waals surface area contributed by atoms with Crippen LogP contribution in [-0.4, -0.2) is 5.78 Å². The maximum atomic E-state index is 12.8. The van der Waals surface area contributed by atoms with Crippen molar-refractivity contribution in [2.45, 2.75) is 19.3 Å². The van der Waals surface area contributed by atoms with Crippen LogP contribution in [0.25, 0.3) is 0 Å². The Morgan fingerprint density at radius 3 is 2.80 bits per heavy atom. The average molecular weight is 225 g/mol. The zero-order valence-corrected chi connectivity index (χ0v) is 8.85. The normalized spacial score (nSPS) is 15.2. The minimum Gasteiger partial charge on any atom is -0.289 e. The molecule has 0 fully saturated rings. The molecule has 0 N–H and O–H groups in total. The molecule has 0 heterocycles. The van der Waals surface area contributed by atoms with Gasteiger partial charge in [0.15, 0.2) is 5.78 Å². The Kier molecular flexibility index (Phi) is 2.87. The van der Waals surface area contributed by atoms with Crippen molar-refractivity contribution in [3.8, 4) is 0 Å². The minimum absolute atomic E-state index is 0.0718. The van der Waals surface area contributed by atoms with E-state index in [1.165, 1.54) is 18.2 Å². The van der Waals surface area contributed by atoms with Gasteiger partial charge in [0, 0.05) is 5.56 Å². The minimum atomic E-state index is -0.419. The third-order valence-corrected chi connectivity index (χ3v) is 2.82. The summed E-state index contributed by atoms with van der Waals surface area (Å²) in [5.41, 5.74) is 1.19. The van der Waals surface area contributed by atoms with Crippen LogP contribution in [0.4, 0.5) is 4.39 Å². The first kappa shape index (κ1) is 10.4. The second-order valence-corrected chi connectivity index (χ2v) is 3.98. The Morgan fingerprint density at radius 2 is 2.20 bits per heavy atom. The predicted octanol–water partition coefficient (Wildman–Crippen LogP) is 3.77. The lowest BCUT2D eigenvalue weighted by Crippen LogP contribution is -2.02. The summed E-state index contributed by atoms with van der Waals surface area (Å²) < 4.78 is 12.8. The van der Waals surface area contributed by atoms with E-state index in [-0.39, 0.29) is 10.8 Å². The fourth-order valence-corrected chi connectivity index (χ4v) is 1.98. The molecule has 15 heavy (non-hydrogen) atoms. The summed E-state index contributed by atoms with van der Waals surface area (Å²) in [5, 5.41) is 0.188. The van der Waals surface area contributed by atoms with Gasteiger partial charge in [0.25, 0.3) is 0 Å². The van der Waals surface area contributed by atoms with E-state index >= 15 is 0 Å². The molecule has 0 atom stereocenters. The summed E-state index contributed by atoms with van der Waals surface area (Å²) >= 11 is 5.81. The maximum absolute atomic E-state index is 12.8. The van der Waals surface area contributed by atoms with Gasteiger partial charge in [0.2, 0.25) is 0 Å². The summed E-state index contributed by atoms with van der Waals surface area (Å²) in [6, 6.07) is 3.87. The number of hydrogen-bond donors (Lipinski definition) is 0. The van der Waals surface area contributed by atoms with Crippen molar-refractivity contribution >= 4 is 17.4 Å². The van der Waals surface area contributed by atoms with Crippen LogP contribution >= 0.6 is 11.6 Å². The largest absolute Gasteiger partial charge is 0.289 e. The molecule has 0 aromatic heterocycles. The third kappa shape index (κ3) is 2.10. The number of benzene rings is 1. The van der Waals surface area contributed by atoms with Gasteiger partial charge in [-0.25, -0.2) is 4.39 Å². The highest BCUT2D eigenvalue weighted by molar-refractivity contribution is 6.35. The SMILES string of the molecule is O=C(C1=CCCC1)c1ccc(F)cc1Cl. The molecule has 0 amide bonds. The van der Waals surface area contributed by atoms with Crippen molar-refractivity contribution in [2.24, 2.45) is 0 Å². The lowest BCUT2D eigenvalue weighted by atomic mass is 10.0. The van der Waals surface area contributed by atoms with Gasteiger partial charge in [-0.3, -0.25) is 4.79 Å². The monoisotopic (exact) mass is 224 g/mol. The molecule has 0 aliphatic heterocycles. The van der Waals surface area contributed by atoms with E-state index in [0.29, 0.717) is 5.56 Å². The van der Waals surface area contributed by atoms with Crippen LogP contribution in [0.15, 0.2) is 29.8 Å². The van der Waals surface area contributed by atoms with Gasteiger partial charge in [-0.2, -0.15) is 0 Å². The number of ketones is 1. The van der Waals surface area contributed by atoms with Crippen LogP contribution < -0.4 is 0 Å². The van der Waals surface area contributed by atoms with E-state index in [1.54, 1.807) is 0 Å². The molecule has 78 valence electrons. The van der Waals surface area contributed by atoms with Gasteiger partial charge in [-0.05, 0) is 43.0 Å². The van der Waals surface area contributed by atoms with Gasteiger partial charge in [0.05, 0.1) is 5.02 Å². The predicted molar refractivity (Wildman–Crippen MR) is 57.7 cm³/mol. The molecule has 3 heteroatoms. The van der Waals surface area contributed by atoms with E-state index in [0.717, 1.165) is 24.8 Å². The standard InChI is InChI=1S/C12H10ClFO/c13-11-7-9(14)5-6-10(11)12(15)8-3-1-2-4-8/h3,5-7H,1-2,4H2. The Labute approximate surface area is 92.6 Å². The van der Waals surface area contributed by atoms with Crippen LogP contribution in [0, 0.1) is 5.82 Å². The second-order valence-electron chi connectivity index (χ2n) is 3.57. The van der Waals surface area contributed by atoms with Crippen molar-refractivity contribution in [1.82, 2.24) is 0 Å². The number of allylic oxidation sites excluding steroid dienone is 2. The lowest BCUT2D eigenvalue weighted by molar-refractivity contribution is 0.103. The number of hydrogen-bond acceptors (Lipinski definition) is 1. The van der Waals surface area contributed by atoms with Gasteiger partial charge < -0.3 is 0 Å². The first-order valence-corrected chi connectivity index (χ1v) is 5.25. The van der Waals surface area contributed by atoms with E-state index in [1.807, 2.05) is 6.08 Å². The Balaban J connectivity index is 2.33. The van der Waals surface area contributed by atoms with Crippen LogP contribution in [0.3, 0.4) is 0 Å². The molecule has 0 unspecified atom stereocenters. The quantitative estimate of drug-likeness (QED) is 0.699. The third-order valence-electron chi connectivity index (χ3n) is 2.51. The van der Waals surface area contributed by atoms with Gasteiger partial charge in [-0.15, -0.1) is 0 Å². The van der Waals surface area contributed by atoms with E-state index in [4.69, 9.17) is 11.6 Å². The molecule has 0 spiro atoms. The van der Waals surface area contributed by atoms with Crippen molar-refractivity contribution in [3.63, 3.8) is 0 Å². The highest BCUT2D eigenvalue weighted by atomic mass is 35.5. The molecule has 0 radical (unpaired) electrons. The van der Waals surface area contributed by atoms with E-state index in [9.17, 15) is 9.18 Å². The topological polar surface area (TPSA) is 17.1 Å². The number of halogens is 2. The zero-order chi connectivity index (χ0) is 10.8. The molecule has 1 aromatic rings. The summed E-state index contributed by atoms with van der Waals surface area (Å²) in [6.45, 7) is 0. The number of carbonyl (C=O) groups excluding carboxylic acids is 1. The summed E-state index contributed by atoms with van der Waals surface area (Å²) in [6.07, 6.45) is 4.69. The average Bonchev–Trinajstić information content (AvgIpc) is 2.69. The van der Waals surface area contributed by atoms with Gasteiger partial charge in [0.1, 0.15) is 5.82 Å². The Hall–Kier alpha value is -1.15. The number of Topliss-reactive ketones (excluding diaryl/α,β-unsaturated/α-hetero) is 1. The Bertz CT molecular complexity index is 437. The zero-order valence-electron chi connectivity index (χ0n) is 8.09. The molecule has 1 aromatic carbocycles. The van der Waals surface area contributed by atoms with E-state index in [2.05, 4.69) is 0 Å². The highest BCUT2D eigenvalue weighted by Gasteiger charge is 2.17. The number of rotatable bonds is 2. The summed E-state index contributed by atoms with van der Waals surface area (Å²) in [5.74, 6) is -0.491. The van der Waals surface area contributed by atoms with Crippen LogP contribution in [0.2, 0.25) is 5.02 Å². The van der Waals surface area contributed by atoms with Gasteiger partial charge in [-0.1, -0.05) is 17.7 Å². The van der Waals surface area contributed by atoms with E-state index < -0.39 is 5.82 Å². The first-order chi connectivity index (χ1) is 7.18. The molecule has 1 nitrogen and oxygen atoms in total. The first-order valence-electron chi connectivity index (χ1n) is 4.87. The van der Waals surface area contributed by atoms with Crippen molar-refractivity contribution in [1.29, 1.82) is 0 Å². The highest BCUT2D eigenvalue weighted by Crippen LogP contribution is 2.25. The fraction of sp³-hybridized carbons (Fsp3) is 0.250. The molecular formula is C12H10ClFO. The van der Waals surface area contributed by atoms with Crippen LogP contribution in [0.1, 0.15) is 29.6 Å². The molecule has 0 saturated heterocycles. The summed E-state index contributed by atoms with van der Waals surface area (Å²) in [4.78, 5) is 11.9. The lowest BCUT2D eigenvalue weighted by Gasteiger charge is -2.03. The van der Waals surface area contributed by atoms with Gasteiger partial charge >= 0.3 is 0 Å². The summed E-state index contributed by atoms with van der Waals surface area (Å²) in [7, 11) is 0. The molecule has 1 aliphatic rings. The molecule has 2 rings (SSSR count). The van der Waals surface area contributed by atoms with Crippen LogP contribution in [0.5, 0.6) is 0 Å². The number of carbonyl (C=O) groups is 1. The molecular weight excluding hydrogens is 215 g/mol. The Morgan fingerprint density at radius 1 is 1.40 bits per heavy atom. The van der Waals surface area contributed by atoms with Crippen molar-refractivity contribution < 1.29 is 9.18 Å². The molecule has 0 saturated carbocycles. The second kappa shape index (κ2) is 4.15. The fourth-order valence-electron chi connectivity index (χ4n) is 1.72. The van der Waals surface area contributed by atoms with Crippen LogP contribution in [-0.2, 0) is 0 Å². The maximum Gasteiger partial charge on any atom is 0.190 e. The molecule has 0 bridgehead atoms. The smallest absolute Gasteiger partial charge is 0.190 e. The molecule has 1 aliphatic carbocycles. The van der Waals surface area contributed by atoms with Crippen molar-refractivity contribution in [2.75, 3.05) is 0 Å².